The minimum atomic E-state index is -0.537. The Morgan fingerprint density at radius 1 is 1.22 bits per heavy atom. The molecule has 0 fully saturated rings. The van der Waals surface area contributed by atoms with Crippen LogP contribution in [0.3, 0.4) is 0 Å². The first-order valence-corrected chi connectivity index (χ1v) is 6.86. The molecule has 0 radical (unpaired) electrons. The van der Waals surface area contributed by atoms with E-state index in [-0.39, 0.29) is 19.0 Å². The average molecular weight is 315 g/mol. The largest absolute Gasteiger partial charge is 0.396 e. The summed E-state index contributed by atoms with van der Waals surface area (Å²) in [4.78, 5) is 12.0. The number of benzene rings is 1. The maximum atomic E-state index is 12.0. The Morgan fingerprint density at radius 3 is 2.22 bits per heavy atom. The van der Waals surface area contributed by atoms with Crippen molar-refractivity contribution in [2.45, 2.75) is 26.2 Å². The lowest BCUT2D eigenvalue weighted by Gasteiger charge is -2.27. The van der Waals surface area contributed by atoms with Gasteiger partial charge in [-0.15, -0.1) is 0 Å². The Labute approximate surface area is 116 Å². The number of aliphatic hydroxyl groups is 2. The third kappa shape index (κ3) is 3.90. The van der Waals surface area contributed by atoms with Crippen molar-refractivity contribution in [2.75, 3.05) is 13.2 Å². The summed E-state index contributed by atoms with van der Waals surface area (Å²) in [7, 11) is 0. The Bertz CT molecular complexity index is 374. The zero-order chi connectivity index (χ0) is 13.6. The van der Waals surface area contributed by atoms with Crippen molar-refractivity contribution >= 4 is 21.7 Å². The number of ketones is 1. The van der Waals surface area contributed by atoms with Gasteiger partial charge in [0.2, 0.25) is 0 Å². The van der Waals surface area contributed by atoms with E-state index in [1.807, 2.05) is 19.1 Å². The number of hydrogen-bond donors (Lipinski definition) is 2. The second kappa shape index (κ2) is 7.02. The standard InChI is InChI=1S/C14H19BrO3/c1-2-14(9-16,10-17)8-7-13(18)11-3-5-12(15)6-4-11/h3-6,16-17H,2,7-10H2,1H3. The molecule has 4 heteroatoms. The molecule has 0 amide bonds. The molecule has 1 aromatic rings. The van der Waals surface area contributed by atoms with Crippen LogP contribution in [0.1, 0.15) is 36.5 Å². The minimum absolute atomic E-state index is 0.0437. The lowest BCUT2D eigenvalue weighted by atomic mass is 9.81. The van der Waals surface area contributed by atoms with E-state index < -0.39 is 5.41 Å². The highest BCUT2D eigenvalue weighted by molar-refractivity contribution is 9.10. The number of hydrogen-bond acceptors (Lipinski definition) is 3. The van der Waals surface area contributed by atoms with Gasteiger partial charge in [0.25, 0.3) is 0 Å². The summed E-state index contributed by atoms with van der Waals surface area (Å²) in [6.45, 7) is 1.73. The van der Waals surface area contributed by atoms with E-state index in [2.05, 4.69) is 15.9 Å². The molecule has 0 aliphatic heterocycles. The van der Waals surface area contributed by atoms with Crippen LogP contribution in [0.15, 0.2) is 28.7 Å². The maximum absolute atomic E-state index is 12.0. The second-order valence-electron chi connectivity index (χ2n) is 4.60. The molecule has 0 bridgehead atoms. The Morgan fingerprint density at radius 2 is 1.78 bits per heavy atom. The van der Waals surface area contributed by atoms with Crippen molar-refractivity contribution in [1.29, 1.82) is 0 Å². The fraction of sp³-hybridized carbons (Fsp3) is 0.500. The van der Waals surface area contributed by atoms with Crippen molar-refractivity contribution in [3.63, 3.8) is 0 Å². The molecule has 0 atom stereocenters. The van der Waals surface area contributed by atoms with Crippen LogP contribution < -0.4 is 0 Å². The molecule has 0 aliphatic rings. The predicted molar refractivity (Wildman–Crippen MR) is 74.6 cm³/mol. The van der Waals surface area contributed by atoms with Crippen molar-refractivity contribution < 1.29 is 15.0 Å². The Balaban J connectivity index is 2.63. The van der Waals surface area contributed by atoms with Crippen LogP contribution in [-0.4, -0.2) is 29.2 Å². The van der Waals surface area contributed by atoms with Gasteiger partial charge >= 0.3 is 0 Å². The van der Waals surface area contributed by atoms with E-state index in [9.17, 15) is 15.0 Å². The summed E-state index contributed by atoms with van der Waals surface area (Å²) >= 11 is 3.32. The lowest BCUT2D eigenvalue weighted by molar-refractivity contribution is 0.0414. The van der Waals surface area contributed by atoms with Crippen LogP contribution in [0.2, 0.25) is 0 Å². The number of carbonyl (C=O) groups excluding carboxylic acids is 1. The van der Waals surface area contributed by atoms with Gasteiger partial charge in [0.05, 0.1) is 13.2 Å². The molecule has 1 aromatic carbocycles. The number of rotatable bonds is 7. The van der Waals surface area contributed by atoms with Gasteiger partial charge in [-0.05, 0) is 25.0 Å². The summed E-state index contributed by atoms with van der Waals surface area (Å²) in [6.07, 6.45) is 1.51. The van der Waals surface area contributed by atoms with E-state index in [1.54, 1.807) is 12.1 Å². The smallest absolute Gasteiger partial charge is 0.162 e. The molecule has 1 rings (SSSR count). The van der Waals surface area contributed by atoms with Gasteiger partial charge in [0.1, 0.15) is 0 Å². The predicted octanol–water partition coefficient (Wildman–Crippen LogP) is 2.79. The molecule has 3 nitrogen and oxygen atoms in total. The van der Waals surface area contributed by atoms with E-state index >= 15 is 0 Å². The SMILES string of the molecule is CCC(CO)(CO)CCC(=O)c1ccc(Br)cc1. The monoisotopic (exact) mass is 314 g/mol. The van der Waals surface area contributed by atoms with E-state index in [4.69, 9.17) is 0 Å². The molecule has 0 aromatic heterocycles. The van der Waals surface area contributed by atoms with Crippen LogP contribution in [-0.2, 0) is 0 Å². The highest BCUT2D eigenvalue weighted by Gasteiger charge is 2.27. The van der Waals surface area contributed by atoms with Gasteiger partial charge in [-0.25, -0.2) is 0 Å². The topological polar surface area (TPSA) is 57.5 Å². The summed E-state index contributed by atoms with van der Waals surface area (Å²) in [5, 5.41) is 18.6. The number of Topliss-reactive ketones (excluding diaryl/α,β-unsaturated/α-hetero) is 1. The fourth-order valence-corrected chi connectivity index (χ4v) is 2.03. The lowest BCUT2D eigenvalue weighted by Crippen LogP contribution is -2.29. The summed E-state index contributed by atoms with van der Waals surface area (Å²) in [5.74, 6) is 0.0437. The molecule has 0 spiro atoms. The third-order valence-electron chi connectivity index (χ3n) is 3.47. The summed E-state index contributed by atoms with van der Waals surface area (Å²) in [5.41, 5.74) is 0.129. The van der Waals surface area contributed by atoms with Gasteiger partial charge in [0, 0.05) is 21.9 Å². The molecule has 0 saturated carbocycles. The normalized spacial score (nSPS) is 11.6. The van der Waals surface area contributed by atoms with Crippen LogP contribution in [0, 0.1) is 5.41 Å². The minimum Gasteiger partial charge on any atom is -0.396 e. The van der Waals surface area contributed by atoms with Crippen LogP contribution in [0.25, 0.3) is 0 Å². The number of halogens is 1. The fourth-order valence-electron chi connectivity index (χ4n) is 1.77. The Hall–Kier alpha value is -0.710. The van der Waals surface area contributed by atoms with Crippen molar-refractivity contribution in [1.82, 2.24) is 0 Å². The highest BCUT2D eigenvalue weighted by Crippen LogP contribution is 2.27. The first-order valence-electron chi connectivity index (χ1n) is 6.07. The number of carbonyl (C=O) groups is 1. The van der Waals surface area contributed by atoms with Gasteiger partial charge < -0.3 is 10.2 Å². The van der Waals surface area contributed by atoms with Gasteiger partial charge in [0.15, 0.2) is 5.78 Å². The zero-order valence-corrected chi connectivity index (χ0v) is 12.1. The molecular formula is C14H19BrO3. The number of aliphatic hydroxyl groups excluding tert-OH is 2. The van der Waals surface area contributed by atoms with E-state index in [1.165, 1.54) is 0 Å². The summed E-state index contributed by atoms with van der Waals surface area (Å²) in [6, 6.07) is 7.21. The molecule has 2 N–H and O–H groups in total. The van der Waals surface area contributed by atoms with Gasteiger partial charge in [-0.1, -0.05) is 35.0 Å². The van der Waals surface area contributed by atoms with Gasteiger partial charge in [-0.2, -0.15) is 0 Å². The molecule has 0 unspecified atom stereocenters. The van der Waals surface area contributed by atoms with Crippen LogP contribution in [0.4, 0.5) is 0 Å². The molecule has 100 valence electrons. The second-order valence-corrected chi connectivity index (χ2v) is 5.52. The van der Waals surface area contributed by atoms with Gasteiger partial charge in [-0.3, -0.25) is 4.79 Å². The Kier molecular flexibility index (Phi) is 5.99. The first-order chi connectivity index (χ1) is 8.56. The molecule has 18 heavy (non-hydrogen) atoms. The third-order valence-corrected chi connectivity index (χ3v) is 4.00. The van der Waals surface area contributed by atoms with Crippen LogP contribution >= 0.6 is 15.9 Å². The molecule has 0 heterocycles. The maximum Gasteiger partial charge on any atom is 0.162 e. The van der Waals surface area contributed by atoms with E-state index in [0.29, 0.717) is 24.8 Å². The zero-order valence-electron chi connectivity index (χ0n) is 10.5. The molecule has 0 saturated heterocycles. The quantitative estimate of drug-likeness (QED) is 0.761. The van der Waals surface area contributed by atoms with Crippen LogP contribution in [0.5, 0.6) is 0 Å². The van der Waals surface area contributed by atoms with E-state index in [0.717, 1.165) is 4.47 Å². The summed E-state index contributed by atoms with van der Waals surface area (Å²) < 4.78 is 0.938. The first kappa shape index (κ1) is 15.3. The van der Waals surface area contributed by atoms with Crippen molar-refractivity contribution in [3.8, 4) is 0 Å². The van der Waals surface area contributed by atoms with Crippen molar-refractivity contribution in [2.24, 2.45) is 5.41 Å². The molecular weight excluding hydrogens is 296 g/mol. The highest BCUT2D eigenvalue weighted by atomic mass is 79.9. The molecule has 0 aliphatic carbocycles. The van der Waals surface area contributed by atoms with Crippen molar-refractivity contribution in [3.05, 3.63) is 34.3 Å². The average Bonchev–Trinajstić information content (AvgIpc) is 2.41.